The first-order chi connectivity index (χ1) is 10.5. The van der Waals surface area contributed by atoms with Gasteiger partial charge in [0.15, 0.2) is 5.96 Å². The largest absolute Gasteiger partial charge is 0.357 e. The summed E-state index contributed by atoms with van der Waals surface area (Å²) in [5.74, 6) is 0.748. The van der Waals surface area contributed by atoms with Crippen molar-refractivity contribution in [3.8, 4) is 0 Å². The molecule has 0 atom stereocenters. The topological polar surface area (TPSA) is 82.6 Å². The maximum absolute atomic E-state index is 11.8. The Hall–Kier alpha value is -0.870. The van der Waals surface area contributed by atoms with E-state index >= 15 is 0 Å². The predicted octanol–water partition coefficient (Wildman–Crippen LogP) is 2.07. The number of hydrogen-bond acceptors (Lipinski definition) is 3. The van der Waals surface area contributed by atoms with Gasteiger partial charge < -0.3 is 10.6 Å². The second kappa shape index (κ2) is 11.6. The van der Waals surface area contributed by atoms with E-state index in [4.69, 9.17) is 0 Å². The Morgan fingerprint density at radius 1 is 1.22 bits per heavy atom. The maximum Gasteiger partial charge on any atom is 0.240 e. The highest BCUT2D eigenvalue weighted by Gasteiger charge is 2.11. The molecule has 3 N–H and O–H groups in total. The molecule has 0 bridgehead atoms. The van der Waals surface area contributed by atoms with Gasteiger partial charge in [-0.2, -0.15) is 0 Å². The molecule has 132 valence electrons. The van der Waals surface area contributed by atoms with Crippen molar-refractivity contribution in [2.45, 2.75) is 38.1 Å². The first-order valence-electron chi connectivity index (χ1n) is 7.58. The molecule has 0 saturated carbocycles. The molecule has 0 radical (unpaired) electrons. The normalized spacial score (nSPS) is 11.7. The third kappa shape index (κ3) is 7.98. The average molecular weight is 454 g/mol. The molecule has 0 aliphatic heterocycles. The zero-order chi connectivity index (χ0) is 16.4. The van der Waals surface area contributed by atoms with E-state index in [0.717, 1.165) is 37.5 Å². The fourth-order valence-corrected chi connectivity index (χ4v) is 2.62. The third-order valence-corrected chi connectivity index (χ3v) is 4.48. The lowest BCUT2D eigenvalue weighted by Gasteiger charge is -2.11. The summed E-state index contributed by atoms with van der Waals surface area (Å²) in [5.41, 5.74) is 0.851. The number of guanidine groups is 1. The van der Waals surface area contributed by atoms with Crippen LogP contribution >= 0.6 is 24.0 Å². The smallest absolute Gasteiger partial charge is 0.240 e. The van der Waals surface area contributed by atoms with E-state index in [0.29, 0.717) is 6.54 Å². The van der Waals surface area contributed by atoms with Gasteiger partial charge in [-0.3, -0.25) is 0 Å². The van der Waals surface area contributed by atoms with E-state index in [9.17, 15) is 8.42 Å². The highest BCUT2D eigenvalue weighted by atomic mass is 127. The molecule has 0 aliphatic rings. The maximum atomic E-state index is 11.8. The van der Waals surface area contributed by atoms with Gasteiger partial charge in [-0.1, -0.05) is 25.5 Å². The molecule has 0 amide bonds. The molecule has 0 fully saturated rings. The molecule has 1 aromatic carbocycles. The summed E-state index contributed by atoms with van der Waals surface area (Å²) in [5, 5.41) is 6.43. The van der Waals surface area contributed by atoms with Gasteiger partial charge in [-0.15, -0.1) is 24.0 Å². The summed E-state index contributed by atoms with van der Waals surface area (Å²) in [7, 11) is -2.01. The highest BCUT2D eigenvalue weighted by Crippen LogP contribution is 2.11. The van der Waals surface area contributed by atoms with Crippen LogP contribution in [0.5, 0.6) is 0 Å². The second-order valence-corrected chi connectivity index (χ2v) is 6.72. The summed E-state index contributed by atoms with van der Waals surface area (Å²) >= 11 is 0. The zero-order valence-corrected chi connectivity index (χ0v) is 17.1. The summed E-state index contributed by atoms with van der Waals surface area (Å²) in [6.45, 7) is 6.23. The van der Waals surface area contributed by atoms with E-state index in [1.54, 1.807) is 18.2 Å². The van der Waals surface area contributed by atoms with Crippen molar-refractivity contribution in [2.24, 2.45) is 4.99 Å². The lowest BCUT2D eigenvalue weighted by molar-refractivity contribution is 0.588. The molecule has 1 aromatic rings. The zero-order valence-electron chi connectivity index (χ0n) is 13.9. The molecule has 0 heterocycles. The molecule has 0 saturated heterocycles. The molecule has 6 nitrogen and oxygen atoms in total. The van der Waals surface area contributed by atoms with Crippen molar-refractivity contribution in [2.75, 3.05) is 20.1 Å². The van der Waals surface area contributed by atoms with Crippen LogP contribution in [0.4, 0.5) is 0 Å². The number of hydrogen-bond donors (Lipinski definition) is 3. The van der Waals surface area contributed by atoms with Crippen LogP contribution in [0, 0.1) is 0 Å². The second-order valence-electron chi connectivity index (χ2n) is 4.83. The van der Waals surface area contributed by atoms with E-state index in [2.05, 4.69) is 27.3 Å². The summed E-state index contributed by atoms with van der Waals surface area (Å²) in [6.07, 6.45) is 2.20. The number of nitrogens with zero attached hydrogens (tertiary/aromatic N) is 1. The van der Waals surface area contributed by atoms with Crippen LogP contribution in [0.25, 0.3) is 0 Å². The van der Waals surface area contributed by atoms with E-state index in [-0.39, 0.29) is 28.9 Å². The Morgan fingerprint density at radius 2 is 1.96 bits per heavy atom. The number of nitrogens with one attached hydrogen (secondary N) is 3. The van der Waals surface area contributed by atoms with Crippen molar-refractivity contribution in [3.05, 3.63) is 29.8 Å². The number of rotatable bonds is 8. The Morgan fingerprint density at radius 3 is 2.57 bits per heavy atom. The van der Waals surface area contributed by atoms with Crippen molar-refractivity contribution >= 4 is 40.0 Å². The van der Waals surface area contributed by atoms with Crippen molar-refractivity contribution in [3.63, 3.8) is 0 Å². The molecule has 0 aromatic heterocycles. The van der Waals surface area contributed by atoms with Gasteiger partial charge in [0.1, 0.15) is 0 Å². The number of unbranched alkanes of at least 4 members (excludes halogenated alkanes) is 1. The van der Waals surface area contributed by atoms with Crippen LogP contribution in [-0.4, -0.2) is 34.5 Å². The van der Waals surface area contributed by atoms with Gasteiger partial charge in [-0.25, -0.2) is 18.1 Å². The number of sulfonamides is 1. The third-order valence-electron chi connectivity index (χ3n) is 3.06. The minimum absolute atomic E-state index is 0. The van der Waals surface area contributed by atoms with Crippen LogP contribution in [0.1, 0.15) is 32.3 Å². The van der Waals surface area contributed by atoms with E-state index in [1.165, 1.54) is 7.05 Å². The SMILES string of the molecule is CCCCNC(=NCc1cccc(S(=O)(=O)NC)c1)NCC.I. The van der Waals surface area contributed by atoms with E-state index < -0.39 is 10.0 Å². The van der Waals surface area contributed by atoms with Gasteiger partial charge in [0.25, 0.3) is 0 Å². The minimum Gasteiger partial charge on any atom is -0.357 e. The highest BCUT2D eigenvalue weighted by molar-refractivity contribution is 14.0. The quantitative estimate of drug-likeness (QED) is 0.243. The molecule has 0 aliphatic carbocycles. The predicted molar refractivity (Wildman–Crippen MR) is 106 cm³/mol. The number of benzene rings is 1. The Balaban J connectivity index is 0.00000484. The fourth-order valence-electron chi connectivity index (χ4n) is 1.82. The lowest BCUT2D eigenvalue weighted by Crippen LogP contribution is -2.37. The standard InChI is InChI=1S/C15H26N4O2S.HI/c1-4-6-10-18-15(17-5-2)19-12-13-8-7-9-14(11-13)22(20,21)16-3;/h7-9,11,16H,4-6,10,12H2,1-3H3,(H2,17,18,19);1H. The Bertz CT molecular complexity index is 591. The van der Waals surface area contributed by atoms with Gasteiger partial charge in [0.2, 0.25) is 10.0 Å². The lowest BCUT2D eigenvalue weighted by atomic mass is 10.2. The molecular weight excluding hydrogens is 427 g/mol. The molecule has 23 heavy (non-hydrogen) atoms. The number of aliphatic imine (C=N–C) groups is 1. The van der Waals surface area contributed by atoms with Gasteiger partial charge >= 0.3 is 0 Å². The Labute approximate surface area is 156 Å². The van der Waals surface area contributed by atoms with Crippen LogP contribution < -0.4 is 15.4 Å². The molecule has 8 heteroatoms. The molecule has 0 unspecified atom stereocenters. The van der Waals surface area contributed by atoms with Crippen LogP contribution in [0.15, 0.2) is 34.2 Å². The first-order valence-corrected chi connectivity index (χ1v) is 9.06. The van der Waals surface area contributed by atoms with Gasteiger partial charge in [0.05, 0.1) is 11.4 Å². The summed E-state index contributed by atoms with van der Waals surface area (Å²) in [4.78, 5) is 4.74. The molecular formula is C15H27IN4O2S. The van der Waals surface area contributed by atoms with Crippen LogP contribution in [0.3, 0.4) is 0 Å². The van der Waals surface area contributed by atoms with Crippen molar-refractivity contribution < 1.29 is 8.42 Å². The van der Waals surface area contributed by atoms with Crippen molar-refractivity contribution in [1.82, 2.24) is 15.4 Å². The van der Waals surface area contributed by atoms with Gasteiger partial charge in [0, 0.05) is 13.1 Å². The van der Waals surface area contributed by atoms with Crippen molar-refractivity contribution in [1.29, 1.82) is 0 Å². The molecule has 0 spiro atoms. The summed E-state index contributed by atoms with van der Waals surface area (Å²) < 4.78 is 25.9. The average Bonchev–Trinajstić information content (AvgIpc) is 2.53. The monoisotopic (exact) mass is 454 g/mol. The fraction of sp³-hybridized carbons (Fsp3) is 0.533. The van der Waals surface area contributed by atoms with Gasteiger partial charge in [-0.05, 0) is 38.1 Å². The number of halogens is 1. The Kier molecular flexibility index (Phi) is 11.2. The van der Waals surface area contributed by atoms with E-state index in [1.807, 2.05) is 13.0 Å². The summed E-state index contributed by atoms with van der Waals surface area (Å²) in [6, 6.07) is 6.81. The molecule has 1 rings (SSSR count). The van der Waals surface area contributed by atoms with Crippen LogP contribution in [0.2, 0.25) is 0 Å². The minimum atomic E-state index is -3.42. The first kappa shape index (κ1) is 22.1. The van der Waals surface area contributed by atoms with Crippen LogP contribution in [-0.2, 0) is 16.6 Å².